The fourth-order valence-electron chi connectivity index (χ4n) is 2.75. The number of hydrogen-bond acceptors (Lipinski definition) is 6. The number of nitrogens with one attached hydrogen (secondary N) is 2. The lowest BCUT2D eigenvalue weighted by atomic mass is 10.1. The van der Waals surface area contributed by atoms with Crippen molar-refractivity contribution in [3.63, 3.8) is 0 Å². The van der Waals surface area contributed by atoms with Crippen molar-refractivity contribution in [1.82, 2.24) is 4.98 Å². The summed E-state index contributed by atoms with van der Waals surface area (Å²) in [6.07, 6.45) is 1.37. The Balaban J connectivity index is 1.50. The smallest absolute Gasteiger partial charge is 0.274 e. The Bertz CT molecular complexity index is 1150. The number of fused-ring (bicyclic) bond motifs is 1. The number of carbonyl (C=O) groups excluding carboxylic acids is 2. The summed E-state index contributed by atoms with van der Waals surface area (Å²) < 4.78 is 10.5. The first kappa shape index (κ1) is 18.0. The standard InChI is InChI=1S/C21H14N4O4/c22-11-14-3-1-2-4-16(14)25-21(27)17-9-13(7-8-23-17)20(26)24-15-5-6-18-19(10-15)29-12-28-18/h1-10H,12H2,(H,24,26)(H,25,27). The number of aromatic nitrogens is 1. The number of ether oxygens (including phenoxy) is 2. The number of benzene rings is 2. The second-order valence-electron chi connectivity index (χ2n) is 6.06. The quantitative estimate of drug-likeness (QED) is 0.712. The highest BCUT2D eigenvalue weighted by atomic mass is 16.7. The van der Waals surface area contributed by atoms with Gasteiger partial charge in [0.1, 0.15) is 11.8 Å². The molecule has 8 heteroatoms. The van der Waals surface area contributed by atoms with Crippen LogP contribution >= 0.6 is 0 Å². The summed E-state index contributed by atoms with van der Waals surface area (Å²) in [5.41, 5.74) is 1.55. The molecule has 0 fully saturated rings. The average molecular weight is 386 g/mol. The molecule has 1 aliphatic heterocycles. The maximum absolute atomic E-state index is 12.6. The topological polar surface area (TPSA) is 113 Å². The zero-order chi connectivity index (χ0) is 20.2. The molecule has 2 heterocycles. The molecule has 29 heavy (non-hydrogen) atoms. The van der Waals surface area contributed by atoms with Crippen LogP contribution in [0.2, 0.25) is 0 Å². The van der Waals surface area contributed by atoms with E-state index < -0.39 is 11.8 Å². The highest BCUT2D eigenvalue weighted by molar-refractivity contribution is 6.08. The number of rotatable bonds is 4. The maximum atomic E-state index is 12.6. The molecule has 2 aromatic carbocycles. The normalized spacial score (nSPS) is 11.4. The highest BCUT2D eigenvalue weighted by Gasteiger charge is 2.16. The Morgan fingerprint density at radius 2 is 1.79 bits per heavy atom. The third kappa shape index (κ3) is 3.84. The molecule has 2 amide bonds. The molecule has 0 aliphatic carbocycles. The van der Waals surface area contributed by atoms with Gasteiger partial charge in [-0.25, -0.2) is 0 Å². The summed E-state index contributed by atoms with van der Waals surface area (Å²) >= 11 is 0. The van der Waals surface area contributed by atoms with Crippen molar-refractivity contribution in [3.8, 4) is 17.6 Å². The fourth-order valence-corrected chi connectivity index (χ4v) is 2.75. The lowest BCUT2D eigenvalue weighted by molar-refractivity contribution is 0.102. The predicted octanol–water partition coefficient (Wildman–Crippen LogP) is 3.19. The lowest BCUT2D eigenvalue weighted by Crippen LogP contribution is -2.17. The molecule has 142 valence electrons. The minimum atomic E-state index is -0.523. The molecule has 4 rings (SSSR count). The van der Waals surface area contributed by atoms with Crippen molar-refractivity contribution in [2.45, 2.75) is 0 Å². The molecule has 8 nitrogen and oxygen atoms in total. The van der Waals surface area contributed by atoms with Crippen LogP contribution in [0.5, 0.6) is 11.5 Å². The van der Waals surface area contributed by atoms with Gasteiger partial charge in [0.2, 0.25) is 6.79 Å². The van der Waals surface area contributed by atoms with Crippen LogP contribution in [0.25, 0.3) is 0 Å². The van der Waals surface area contributed by atoms with Crippen molar-refractivity contribution >= 4 is 23.2 Å². The van der Waals surface area contributed by atoms with Crippen LogP contribution < -0.4 is 20.1 Å². The number of pyridine rings is 1. The molecule has 0 saturated carbocycles. The van der Waals surface area contributed by atoms with Crippen molar-refractivity contribution in [2.24, 2.45) is 0 Å². The molecule has 0 radical (unpaired) electrons. The first-order valence-electron chi connectivity index (χ1n) is 8.61. The largest absolute Gasteiger partial charge is 0.454 e. The summed E-state index contributed by atoms with van der Waals surface area (Å²) in [4.78, 5) is 29.1. The van der Waals surface area contributed by atoms with E-state index in [0.29, 0.717) is 28.4 Å². The van der Waals surface area contributed by atoms with Crippen molar-refractivity contribution in [1.29, 1.82) is 5.26 Å². The number of anilines is 2. The van der Waals surface area contributed by atoms with Crippen LogP contribution in [0, 0.1) is 11.3 Å². The van der Waals surface area contributed by atoms with E-state index in [0.717, 1.165) is 0 Å². The van der Waals surface area contributed by atoms with Gasteiger partial charge in [0.15, 0.2) is 11.5 Å². The van der Waals surface area contributed by atoms with Crippen LogP contribution in [0.1, 0.15) is 26.4 Å². The van der Waals surface area contributed by atoms with Gasteiger partial charge in [-0.1, -0.05) is 12.1 Å². The molecule has 0 unspecified atom stereocenters. The van der Waals surface area contributed by atoms with Gasteiger partial charge in [-0.15, -0.1) is 0 Å². The Kier molecular flexibility index (Phi) is 4.78. The van der Waals surface area contributed by atoms with Crippen LogP contribution in [0.3, 0.4) is 0 Å². The van der Waals surface area contributed by atoms with Crippen molar-refractivity contribution < 1.29 is 19.1 Å². The van der Waals surface area contributed by atoms with Gasteiger partial charge in [-0.05, 0) is 36.4 Å². The lowest BCUT2D eigenvalue weighted by Gasteiger charge is -2.09. The van der Waals surface area contributed by atoms with E-state index in [1.807, 2.05) is 6.07 Å². The average Bonchev–Trinajstić information content (AvgIpc) is 3.22. The van der Waals surface area contributed by atoms with E-state index in [9.17, 15) is 9.59 Å². The van der Waals surface area contributed by atoms with E-state index in [-0.39, 0.29) is 18.1 Å². The number of carbonyl (C=O) groups is 2. The second kappa shape index (κ2) is 7.70. The first-order valence-corrected chi connectivity index (χ1v) is 8.61. The van der Waals surface area contributed by atoms with E-state index in [4.69, 9.17) is 14.7 Å². The van der Waals surface area contributed by atoms with Gasteiger partial charge in [-0.2, -0.15) is 5.26 Å². The Labute approximate surface area is 165 Å². The number of hydrogen-bond donors (Lipinski definition) is 2. The third-order valence-electron chi connectivity index (χ3n) is 4.18. The molecule has 1 aliphatic rings. The minimum Gasteiger partial charge on any atom is -0.454 e. The molecular formula is C21H14N4O4. The SMILES string of the molecule is N#Cc1ccccc1NC(=O)c1cc(C(=O)Nc2ccc3c(c2)OCO3)ccn1. The molecular weight excluding hydrogens is 372 g/mol. The Hall–Kier alpha value is -4.38. The van der Waals surface area contributed by atoms with Crippen LogP contribution in [-0.2, 0) is 0 Å². The van der Waals surface area contributed by atoms with Gasteiger partial charge in [0, 0.05) is 23.5 Å². The molecule has 0 atom stereocenters. The molecule has 1 aromatic heterocycles. The molecule has 0 spiro atoms. The van der Waals surface area contributed by atoms with Gasteiger partial charge < -0.3 is 20.1 Å². The fraction of sp³-hybridized carbons (Fsp3) is 0.0476. The van der Waals surface area contributed by atoms with Crippen LogP contribution in [-0.4, -0.2) is 23.6 Å². The van der Waals surface area contributed by atoms with Crippen LogP contribution in [0.15, 0.2) is 60.8 Å². The van der Waals surface area contributed by atoms with Crippen LogP contribution in [0.4, 0.5) is 11.4 Å². The highest BCUT2D eigenvalue weighted by Crippen LogP contribution is 2.34. The van der Waals surface area contributed by atoms with E-state index in [1.165, 1.54) is 18.3 Å². The predicted molar refractivity (Wildman–Crippen MR) is 104 cm³/mol. The van der Waals surface area contributed by atoms with Gasteiger partial charge in [0.25, 0.3) is 11.8 Å². The van der Waals surface area contributed by atoms with Gasteiger partial charge in [-0.3, -0.25) is 14.6 Å². The summed E-state index contributed by atoms with van der Waals surface area (Å²) in [6.45, 7) is 0.143. The van der Waals surface area contributed by atoms with Gasteiger partial charge in [0.05, 0.1) is 11.3 Å². The Morgan fingerprint density at radius 3 is 2.66 bits per heavy atom. The summed E-state index contributed by atoms with van der Waals surface area (Å²) in [6, 6.07) is 16.6. The summed E-state index contributed by atoms with van der Waals surface area (Å²) in [5.74, 6) is 0.237. The van der Waals surface area contributed by atoms with Crippen molar-refractivity contribution in [3.05, 3.63) is 77.6 Å². The monoisotopic (exact) mass is 386 g/mol. The number of amides is 2. The Morgan fingerprint density at radius 1 is 0.966 bits per heavy atom. The van der Waals surface area contributed by atoms with Crippen molar-refractivity contribution in [2.75, 3.05) is 17.4 Å². The molecule has 2 N–H and O–H groups in total. The van der Waals surface area contributed by atoms with E-state index >= 15 is 0 Å². The summed E-state index contributed by atoms with van der Waals surface area (Å²) in [5, 5.41) is 14.5. The zero-order valence-electron chi connectivity index (χ0n) is 15.0. The maximum Gasteiger partial charge on any atom is 0.274 e. The molecule has 3 aromatic rings. The minimum absolute atomic E-state index is 0.0519. The third-order valence-corrected chi connectivity index (χ3v) is 4.18. The number of nitriles is 1. The zero-order valence-corrected chi connectivity index (χ0v) is 15.0. The summed E-state index contributed by atoms with van der Waals surface area (Å²) in [7, 11) is 0. The number of nitrogens with zero attached hydrogens (tertiary/aromatic N) is 2. The number of para-hydroxylation sites is 1. The second-order valence-corrected chi connectivity index (χ2v) is 6.06. The molecule has 0 bridgehead atoms. The first-order chi connectivity index (χ1) is 14.1. The van der Waals surface area contributed by atoms with E-state index in [2.05, 4.69) is 15.6 Å². The van der Waals surface area contributed by atoms with E-state index in [1.54, 1.807) is 42.5 Å². The van der Waals surface area contributed by atoms with Gasteiger partial charge >= 0.3 is 0 Å². The molecule has 0 saturated heterocycles.